The molecular formula is C19H20N2O4S. The molecule has 0 aliphatic rings. The second kappa shape index (κ2) is 6.84. The van der Waals surface area contributed by atoms with Gasteiger partial charge in [-0.2, -0.15) is 0 Å². The van der Waals surface area contributed by atoms with Crippen LogP contribution >= 0.6 is 0 Å². The number of carbonyl (C=O) groups excluding carboxylic acids is 1. The van der Waals surface area contributed by atoms with Crippen LogP contribution in [0, 0.1) is 13.8 Å². The summed E-state index contributed by atoms with van der Waals surface area (Å²) >= 11 is 0. The summed E-state index contributed by atoms with van der Waals surface area (Å²) in [5, 5.41) is 3.77. The van der Waals surface area contributed by atoms with E-state index < -0.39 is 10.0 Å². The summed E-state index contributed by atoms with van der Waals surface area (Å²) in [5.41, 5.74) is 3.85. The highest BCUT2D eigenvalue weighted by Gasteiger charge is 2.18. The highest BCUT2D eigenvalue weighted by molar-refractivity contribution is 7.92. The summed E-state index contributed by atoms with van der Waals surface area (Å²) in [7, 11) is -3.31. The van der Waals surface area contributed by atoms with Crippen molar-refractivity contribution in [2.45, 2.75) is 20.4 Å². The molecule has 0 aliphatic heterocycles. The van der Waals surface area contributed by atoms with Crippen LogP contribution in [0.5, 0.6) is 0 Å². The smallest absolute Gasteiger partial charge is 0.287 e. The van der Waals surface area contributed by atoms with Crippen molar-refractivity contribution in [1.29, 1.82) is 0 Å². The largest absolute Gasteiger partial charge is 0.450 e. The van der Waals surface area contributed by atoms with Gasteiger partial charge in [0.2, 0.25) is 10.0 Å². The average Bonchev–Trinajstić information content (AvgIpc) is 2.91. The molecule has 0 saturated carbocycles. The molecule has 0 saturated heterocycles. The van der Waals surface area contributed by atoms with Gasteiger partial charge in [-0.1, -0.05) is 30.3 Å². The zero-order chi connectivity index (χ0) is 18.9. The first kappa shape index (κ1) is 18.0. The number of carbonyl (C=O) groups is 1. The Labute approximate surface area is 152 Å². The lowest BCUT2D eigenvalue weighted by atomic mass is 10.1. The van der Waals surface area contributed by atoms with Crippen molar-refractivity contribution >= 4 is 32.6 Å². The molecule has 0 bridgehead atoms. The third-order valence-corrected chi connectivity index (χ3v) is 4.68. The number of fused-ring (bicyclic) bond motifs is 1. The molecule has 3 rings (SSSR count). The molecule has 0 atom stereocenters. The minimum Gasteiger partial charge on any atom is -0.450 e. The molecule has 3 aromatic rings. The number of rotatable bonds is 5. The fourth-order valence-corrected chi connectivity index (χ4v) is 3.33. The molecule has 0 unspecified atom stereocenters. The molecule has 1 amide bonds. The van der Waals surface area contributed by atoms with E-state index in [1.165, 1.54) is 0 Å². The van der Waals surface area contributed by atoms with Crippen LogP contribution in [0.3, 0.4) is 0 Å². The van der Waals surface area contributed by atoms with Crippen molar-refractivity contribution in [3.05, 3.63) is 64.9 Å². The van der Waals surface area contributed by atoms with E-state index in [0.717, 1.165) is 33.9 Å². The van der Waals surface area contributed by atoms with Gasteiger partial charge in [0.1, 0.15) is 5.58 Å². The first-order chi connectivity index (χ1) is 12.2. The Hall–Kier alpha value is -2.80. The number of amides is 1. The highest BCUT2D eigenvalue weighted by Crippen LogP contribution is 2.27. The molecule has 0 radical (unpaired) electrons. The highest BCUT2D eigenvalue weighted by atomic mass is 32.2. The number of sulfonamides is 1. The molecule has 1 heterocycles. The molecule has 136 valence electrons. The Bertz CT molecular complexity index is 1070. The van der Waals surface area contributed by atoms with Gasteiger partial charge in [-0.25, -0.2) is 8.42 Å². The van der Waals surface area contributed by atoms with E-state index in [-0.39, 0.29) is 5.91 Å². The van der Waals surface area contributed by atoms with Crippen molar-refractivity contribution in [3.63, 3.8) is 0 Å². The molecule has 0 fully saturated rings. The van der Waals surface area contributed by atoms with Crippen molar-refractivity contribution in [1.82, 2.24) is 5.32 Å². The topological polar surface area (TPSA) is 88.4 Å². The summed E-state index contributed by atoms with van der Waals surface area (Å²) in [6.45, 7) is 4.12. The lowest BCUT2D eigenvalue weighted by Crippen LogP contribution is -2.23. The number of aryl methyl sites for hydroxylation is 2. The van der Waals surface area contributed by atoms with Gasteiger partial charge in [0.05, 0.1) is 6.26 Å². The molecule has 6 nitrogen and oxygen atoms in total. The minimum atomic E-state index is -3.31. The Morgan fingerprint density at radius 2 is 1.77 bits per heavy atom. The van der Waals surface area contributed by atoms with Gasteiger partial charge >= 0.3 is 0 Å². The van der Waals surface area contributed by atoms with E-state index in [9.17, 15) is 13.2 Å². The van der Waals surface area contributed by atoms with Crippen molar-refractivity contribution < 1.29 is 17.6 Å². The average molecular weight is 372 g/mol. The van der Waals surface area contributed by atoms with Gasteiger partial charge in [0.15, 0.2) is 5.76 Å². The van der Waals surface area contributed by atoms with Gasteiger partial charge < -0.3 is 9.73 Å². The summed E-state index contributed by atoms with van der Waals surface area (Å²) in [6.07, 6.45) is 1.10. The maximum absolute atomic E-state index is 12.5. The minimum absolute atomic E-state index is 0.281. The van der Waals surface area contributed by atoms with Gasteiger partial charge in [0, 0.05) is 23.2 Å². The number of hydrogen-bond donors (Lipinski definition) is 2. The van der Waals surface area contributed by atoms with E-state index in [1.54, 1.807) is 24.3 Å². The van der Waals surface area contributed by atoms with Crippen molar-refractivity contribution in [2.75, 3.05) is 11.0 Å². The SMILES string of the molecule is Cc1c(C(=O)NCc2ccc(NS(C)(=O)=O)cc2)oc2c(C)cccc12. The quantitative estimate of drug-likeness (QED) is 0.719. The number of furan rings is 1. The van der Waals surface area contributed by atoms with Crippen LogP contribution in [0.4, 0.5) is 5.69 Å². The van der Waals surface area contributed by atoms with Crippen LogP contribution in [0.15, 0.2) is 46.9 Å². The molecular weight excluding hydrogens is 352 g/mol. The van der Waals surface area contributed by atoms with Crippen LogP contribution < -0.4 is 10.0 Å². The van der Waals surface area contributed by atoms with Gasteiger partial charge in [-0.3, -0.25) is 9.52 Å². The number of benzene rings is 2. The monoisotopic (exact) mass is 372 g/mol. The number of para-hydroxylation sites is 1. The molecule has 0 spiro atoms. The van der Waals surface area contributed by atoms with Gasteiger partial charge in [0.25, 0.3) is 5.91 Å². The summed E-state index contributed by atoms with van der Waals surface area (Å²) in [5.74, 6) is 0.0288. The van der Waals surface area contributed by atoms with Crippen molar-refractivity contribution in [3.8, 4) is 0 Å². The van der Waals surface area contributed by atoms with E-state index in [0.29, 0.717) is 18.0 Å². The summed E-state index contributed by atoms with van der Waals surface area (Å²) < 4.78 is 30.6. The third kappa shape index (κ3) is 3.88. The second-order valence-electron chi connectivity index (χ2n) is 6.26. The van der Waals surface area contributed by atoms with Crippen molar-refractivity contribution in [2.24, 2.45) is 0 Å². The van der Waals surface area contributed by atoms with Crippen LogP contribution in [-0.2, 0) is 16.6 Å². The van der Waals surface area contributed by atoms with E-state index in [1.807, 2.05) is 32.0 Å². The lowest BCUT2D eigenvalue weighted by Gasteiger charge is -2.07. The van der Waals surface area contributed by atoms with Gasteiger partial charge in [-0.15, -0.1) is 0 Å². The first-order valence-electron chi connectivity index (χ1n) is 8.08. The van der Waals surface area contributed by atoms with Crippen LogP contribution in [0.1, 0.15) is 27.2 Å². The Kier molecular flexibility index (Phi) is 4.73. The fourth-order valence-electron chi connectivity index (χ4n) is 2.77. The maximum Gasteiger partial charge on any atom is 0.287 e. The second-order valence-corrected chi connectivity index (χ2v) is 8.01. The fraction of sp³-hybridized carbons (Fsp3) is 0.211. The number of hydrogen-bond acceptors (Lipinski definition) is 4. The normalized spacial score (nSPS) is 11.5. The molecule has 7 heteroatoms. The molecule has 26 heavy (non-hydrogen) atoms. The number of nitrogens with one attached hydrogen (secondary N) is 2. The summed E-state index contributed by atoms with van der Waals surface area (Å²) in [4.78, 5) is 12.5. The number of anilines is 1. The molecule has 0 aliphatic carbocycles. The summed E-state index contributed by atoms with van der Waals surface area (Å²) in [6, 6.07) is 12.6. The van der Waals surface area contributed by atoms with E-state index in [4.69, 9.17) is 4.42 Å². The molecule has 2 aromatic carbocycles. The standard InChI is InChI=1S/C19H20N2O4S/c1-12-5-4-6-16-13(2)18(25-17(12)16)19(22)20-11-14-7-9-15(10-8-14)21-26(3,23)24/h4-10,21H,11H2,1-3H3,(H,20,22). The van der Waals surface area contributed by atoms with E-state index in [2.05, 4.69) is 10.0 Å². The predicted molar refractivity (Wildman–Crippen MR) is 102 cm³/mol. The Morgan fingerprint density at radius 3 is 2.38 bits per heavy atom. The Morgan fingerprint density at radius 1 is 1.08 bits per heavy atom. The van der Waals surface area contributed by atoms with Crippen LogP contribution in [-0.4, -0.2) is 20.6 Å². The lowest BCUT2D eigenvalue weighted by molar-refractivity contribution is 0.0924. The van der Waals surface area contributed by atoms with Gasteiger partial charge in [-0.05, 0) is 37.1 Å². The predicted octanol–water partition coefficient (Wildman–Crippen LogP) is 3.35. The zero-order valence-corrected chi connectivity index (χ0v) is 15.6. The molecule has 2 N–H and O–H groups in total. The third-order valence-electron chi connectivity index (χ3n) is 4.08. The first-order valence-corrected chi connectivity index (χ1v) is 9.97. The van der Waals surface area contributed by atoms with Crippen LogP contribution in [0.2, 0.25) is 0 Å². The zero-order valence-electron chi connectivity index (χ0n) is 14.8. The van der Waals surface area contributed by atoms with E-state index >= 15 is 0 Å². The Balaban J connectivity index is 1.71. The van der Waals surface area contributed by atoms with Crippen LogP contribution in [0.25, 0.3) is 11.0 Å². The molecule has 1 aromatic heterocycles. The maximum atomic E-state index is 12.5.